The predicted molar refractivity (Wildman–Crippen MR) is 85.3 cm³/mol. The molecule has 114 valence electrons. The van der Waals surface area contributed by atoms with Crippen LogP contribution in [0.5, 0.6) is 11.5 Å². The Morgan fingerprint density at radius 3 is 2.90 bits per heavy atom. The van der Waals surface area contributed by atoms with Crippen LogP contribution in [0.25, 0.3) is 0 Å². The van der Waals surface area contributed by atoms with Crippen molar-refractivity contribution in [3.8, 4) is 11.5 Å². The van der Waals surface area contributed by atoms with E-state index in [1.54, 1.807) is 5.57 Å². The number of halogens is 1. The van der Waals surface area contributed by atoms with Gasteiger partial charge in [0.1, 0.15) is 13.2 Å². The summed E-state index contributed by atoms with van der Waals surface area (Å²) in [6, 6.07) is 3.98. The molecule has 0 saturated heterocycles. The van der Waals surface area contributed by atoms with Gasteiger partial charge >= 0.3 is 0 Å². The van der Waals surface area contributed by atoms with Gasteiger partial charge < -0.3 is 14.8 Å². The molecule has 0 bridgehead atoms. The van der Waals surface area contributed by atoms with Crippen LogP contribution in [0, 0.1) is 0 Å². The number of hydrogen-bond donors (Lipinski definition) is 1. The van der Waals surface area contributed by atoms with Gasteiger partial charge in [-0.15, -0.1) is 0 Å². The maximum Gasteiger partial charge on any atom is 0.179 e. The van der Waals surface area contributed by atoms with Gasteiger partial charge in [-0.3, -0.25) is 0 Å². The molecule has 3 rings (SSSR count). The molecule has 1 aromatic carbocycles. The average molecular weight is 308 g/mol. The van der Waals surface area contributed by atoms with Crippen LogP contribution in [0.2, 0.25) is 5.02 Å². The molecule has 0 amide bonds. The Bertz CT molecular complexity index is 528. The van der Waals surface area contributed by atoms with E-state index in [0.717, 1.165) is 30.8 Å². The molecule has 1 heterocycles. The number of benzene rings is 1. The Balaban J connectivity index is 1.51. The van der Waals surface area contributed by atoms with Gasteiger partial charge in [-0.2, -0.15) is 0 Å². The van der Waals surface area contributed by atoms with Gasteiger partial charge in [-0.1, -0.05) is 23.3 Å². The standard InChI is InChI=1S/C17H22ClNO2/c18-15-10-14(11-16-17(15)21-9-8-20-16)12-19-7-6-13-4-2-1-3-5-13/h4,10-11,19H,1-3,5-9,12H2. The van der Waals surface area contributed by atoms with Crippen molar-refractivity contribution in [1.82, 2.24) is 5.32 Å². The fourth-order valence-corrected chi connectivity index (χ4v) is 3.17. The van der Waals surface area contributed by atoms with Crippen molar-refractivity contribution in [1.29, 1.82) is 0 Å². The molecule has 1 aromatic rings. The van der Waals surface area contributed by atoms with Crippen molar-refractivity contribution >= 4 is 11.6 Å². The second kappa shape index (κ2) is 7.19. The normalized spacial score (nSPS) is 17.5. The molecular formula is C17H22ClNO2. The molecule has 0 radical (unpaired) electrons. The lowest BCUT2D eigenvalue weighted by atomic mass is 9.97. The summed E-state index contributed by atoms with van der Waals surface area (Å²) in [6.45, 7) is 2.98. The molecule has 21 heavy (non-hydrogen) atoms. The SMILES string of the molecule is Clc1cc(CNCCC2=CCCCC2)cc2c1OCCO2. The second-order valence-electron chi connectivity index (χ2n) is 5.64. The van der Waals surface area contributed by atoms with Crippen molar-refractivity contribution in [3.05, 3.63) is 34.4 Å². The van der Waals surface area contributed by atoms with Crippen LogP contribution >= 0.6 is 11.6 Å². The third kappa shape index (κ3) is 3.92. The number of allylic oxidation sites excluding steroid dienone is 1. The zero-order valence-corrected chi connectivity index (χ0v) is 13.0. The molecule has 0 aromatic heterocycles. The Morgan fingerprint density at radius 1 is 1.14 bits per heavy atom. The van der Waals surface area contributed by atoms with Crippen LogP contribution < -0.4 is 14.8 Å². The Hall–Kier alpha value is -1.19. The molecule has 1 aliphatic heterocycles. The number of ether oxygens (including phenoxy) is 2. The highest BCUT2D eigenvalue weighted by Crippen LogP contribution is 2.38. The number of nitrogens with one attached hydrogen (secondary N) is 1. The lowest BCUT2D eigenvalue weighted by Crippen LogP contribution is -2.18. The van der Waals surface area contributed by atoms with E-state index in [-0.39, 0.29) is 0 Å². The first-order valence-electron chi connectivity index (χ1n) is 7.79. The maximum atomic E-state index is 6.24. The van der Waals surface area contributed by atoms with Crippen LogP contribution in [0.4, 0.5) is 0 Å². The van der Waals surface area contributed by atoms with Crippen LogP contribution in [0.15, 0.2) is 23.8 Å². The molecular weight excluding hydrogens is 286 g/mol. The van der Waals surface area contributed by atoms with Crippen molar-refractivity contribution in [2.75, 3.05) is 19.8 Å². The van der Waals surface area contributed by atoms with Crippen LogP contribution in [-0.2, 0) is 6.54 Å². The molecule has 1 N–H and O–H groups in total. The first-order chi connectivity index (χ1) is 10.3. The second-order valence-corrected chi connectivity index (χ2v) is 6.04. The molecule has 1 aliphatic carbocycles. The quantitative estimate of drug-likeness (QED) is 0.656. The zero-order chi connectivity index (χ0) is 14.5. The van der Waals surface area contributed by atoms with Crippen molar-refractivity contribution in [2.45, 2.75) is 38.6 Å². The van der Waals surface area contributed by atoms with E-state index >= 15 is 0 Å². The van der Waals surface area contributed by atoms with E-state index in [9.17, 15) is 0 Å². The van der Waals surface area contributed by atoms with Gasteiger partial charge in [0, 0.05) is 6.54 Å². The van der Waals surface area contributed by atoms with E-state index in [4.69, 9.17) is 21.1 Å². The van der Waals surface area contributed by atoms with E-state index in [2.05, 4.69) is 11.4 Å². The van der Waals surface area contributed by atoms with Gasteiger partial charge in [0.2, 0.25) is 0 Å². The van der Waals surface area contributed by atoms with E-state index < -0.39 is 0 Å². The zero-order valence-electron chi connectivity index (χ0n) is 12.3. The van der Waals surface area contributed by atoms with Gasteiger partial charge in [-0.25, -0.2) is 0 Å². The molecule has 4 heteroatoms. The predicted octanol–water partition coefficient (Wildman–Crippen LogP) is 4.09. The van der Waals surface area contributed by atoms with Gasteiger partial charge in [0.05, 0.1) is 5.02 Å². The first-order valence-corrected chi connectivity index (χ1v) is 8.17. The third-order valence-electron chi connectivity index (χ3n) is 3.99. The highest BCUT2D eigenvalue weighted by atomic mass is 35.5. The minimum atomic E-state index is 0.569. The van der Waals surface area contributed by atoms with Crippen molar-refractivity contribution in [3.63, 3.8) is 0 Å². The number of fused-ring (bicyclic) bond motifs is 1. The van der Waals surface area contributed by atoms with Crippen LogP contribution in [-0.4, -0.2) is 19.8 Å². The fraction of sp³-hybridized carbons (Fsp3) is 0.529. The summed E-state index contributed by atoms with van der Waals surface area (Å²) in [5.41, 5.74) is 2.75. The van der Waals surface area contributed by atoms with E-state index in [1.807, 2.05) is 12.1 Å². The average Bonchev–Trinajstić information content (AvgIpc) is 2.53. The van der Waals surface area contributed by atoms with E-state index in [1.165, 1.54) is 25.7 Å². The smallest absolute Gasteiger partial charge is 0.179 e. The Morgan fingerprint density at radius 2 is 2.05 bits per heavy atom. The van der Waals surface area contributed by atoms with Crippen LogP contribution in [0.1, 0.15) is 37.7 Å². The van der Waals surface area contributed by atoms with Gasteiger partial charge in [-0.05, 0) is 56.3 Å². The minimum absolute atomic E-state index is 0.569. The van der Waals surface area contributed by atoms with Crippen molar-refractivity contribution < 1.29 is 9.47 Å². The van der Waals surface area contributed by atoms with Gasteiger partial charge in [0.15, 0.2) is 11.5 Å². The topological polar surface area (TPSA) is 30.5 Å². The summed E-state index contributed by atoms with van der Waals surface area (Å²) in [7, 11) is 0. The first kappa shape index (κ1) is 14.7. The maximum absolute atomic E-state index is 6.24. The van der Waals surface area contributed by atoms with Gasteiger partial charge in [0.25, 0.3) is 0 Å². The van der Waals surface area contributed by atoms with Crippen molar-refractivity contribution in [2.24, 2.45) is 0 Å². The lowest BCUT2D eigenvalue weighted by molar-refractivity contribution is 0.171. The highest BCUT2D eigenvalue weighted by Gasteiger charge is 2.16. The highest BCUT2D eigenvalue weighted by molar-refractivity contribution is 6.32. The fourth-order valence-electron chi connectivity index (χ4n) is 2.88. The third-order valence-corrected chi connectivity index (χ3v) is 4.27. The molecule has 0 fully saturated rings. The summed E-state index contributed by atoms with van der Waals surface area (Å²) in [5.74, 6) is 1.44. The molecule has 0 saturated carbocycles. The summed E-state index contributed by atoms with van der Waals surface area (Å²) >= 11 is 6.24. The molecule has 0 unspecified atom stereocenters. The summed E-state index contributed by atoms with van der Waals surface area (Å²) in [5, 5.41) is 4.13. The van der Waals surface area contributed by atoms with E-state index in [0.29, 0.717) is 24.0 Å². The molecule has 0 spiro atoms. The number of rotatable bonds is 5. The number of hydrogen-bond acceptors (Lipinski definition) is 3. The molecule has 2 aliphatic rings. The summed E-state index contributed by atoms with van der Waals surface area (Å²) < 4.78 is 11.1. The largest absolute Gasteiger partial charge is 0.486 e. The molecule has 3 nitrogen and oxygen atoms in total. The lowest BCUT2D eigenvalue weighted by Gasteiger charge is -2.20. The summed E-state index contributed by atoms with van der Waals surface area (Å²) in [4.78, 5) is 0. The minimum Gasteiger partial charge on any atom is -0.486 e. The molecule has 0 atom stereocenters. The Labute approximate surface area is 131 Å². The monoisotopic (exact) mass is 307 g/mol. The van der Waals surface area contributed by atoms with Crippen LogP contribution in [0.3, 0.4) is 0 Å². The summed E-state index contributed by atoms with van der Waals surface area (Å²) in [6.07, 6.45) is 8.80. The Kier molecular flexibility index (Phi) is 5.04.